The highest BCUT2D eigenvalue weighted by atomic mass is 19.1. The van der Waals surface area contributed by atoms with E-state index in [1.54, 1.807) is 12.1 Å². The number of nitrogens with zero attached hydrogens (tertiary/aromatic N) is 5. The molecule has 378 valence electrons. The number of nitrogens with one attached hydrogen (secondary N) is 3. The van der Waals surface area contributed by atoms with Crippen LogP contribution in [0.15, 0.2) is 48.7 Å². The first-order valence-corrected chi connectivity index (χ1v) is 25.4. The Morgan fingerprint density at radius 3 is 2.56 bits per heavy atom. The topological polar surface area (TPSA) is 205 Å². The van der Waals surface area contributed by atoms with E-state index in [4.69, 9.17) is 25.9 Å². The van der Waals surface area contributed by atoms with E-state index in [0.717, 1.165) is 44.2 Å². The highest BCUT2D eigenvalue weighted by molar-refractivity contribution is 6.13. The predicted octanol–water partition coefficient (Wildman–Crippen LogP) is 6.56. The Kier molecular flexibility index (Phi) is 12.8. The molecule has 0 saturated carbocycles. The number of piperazine rings is 1. The number of aromatic nitrogens is 3. The fourth-order valence-corrected chi connectivity index (χ4v) is 12.7. The summed E-state index contributed by atoms with van der Waals surface area (Å²) in [4.78, 5) is 83.0. The number of imide groups is 1. The number of aromatic hydroxyl groups is 1. The number of phenolic OH excluding ortho intramolecular Hbond substituents is 1. The highest BCUT2D eigenvalue weighted by Crippen LogP contribution is 2.46. The SMILES string of the molecule is C#Cc1c(F)ccc2cc(O)cc(-c3ncc4c(N5CC6CCC(C5)N6)nc(OC[C@@]56CC[C@@H](COC(=O)NCCCc7ccc8c(c7)C(=O)C(C7CCC(=O)NC7=O)CCC8=O)N5CC(C)C6)nc4c3F)c12. The van der Waals surface area contributed by atoms with E-state index in [9.17, 15) is 29.1 Å². The van der Waals surface area contributed by atoms with Crippen molar-refractivity contribution in [3.8, 4) is 35.4 Å². The zero-order valence-electron chi connectivity index (χ0n) is 40.5. The number of fused-ring (bicyclic) bond motifs is 6. The minimum Gasteiger partial charge on any atom is -0.508 e. The maximum atomic E-state index is 17.2. The minimum absolute atomic E-state index is 0.00379. The molecule has 7 atom stereocenters. The second kappa shape index (κ2) is 19.4. The standard InChI is InChI=1S/C55H56F2N8O8/c1-3-36-43(56)13-7-31-20-35(66)21-41(46(31)36)48-47(57)49-42(23-59-48)51(64-25-32-8-9-33(26-64)60-32)63-53(62-49)73-28-55-17-16-34(65(55)24-29(2)22-55)27-72-54(71)58-18-4-5-30-6-10-37-40(19-30)50(69)38(11-14-44(37)67)39-12-15-45(68)61-52(39)70/h1,6-7,10,13,19-21,23,29,32-34,38-39,60,66H,4-5,8-9,11-12,14-18,22,24-28H2,2H3,(H,58,71)(H,61,68,70)/t29?,32?,33?,34-,38?,39?,55-/m0/s1. The Labute approximate surface area is 420 Å². The number of piperidine rings is 1. The summed E-state index contributed by atoms with van der Waals surface area (Å²) in [5, 5.41) is 20.6. The number of phenols is 1. The minimum atomic E-state index is -0.793. The maximum absolute atomic E-state index is 17.2. The van der Waals surface area contributed by atoms with Crippen molar-refractivity contribution < 1.29 is 47.3 Å². The molecule has 5 aromatic rings. The van der Waals surface area contributed by atoms with Gasteiger partial charge in [-0.3, -0.25) is 34.4 Å². The molecule has 2 bridgehead atoms. The molecule has 2 aromatic heterocycles. The average Bonchev–Trinajstić information content (AvgIpc) is 3.99. The number of carbonyl (C=O) groups is 5. The Morgan fingerprint density at radius 2 is 1.77 bits per heavy atom. The molecule has 6 aliphatic rings. The van der Waals surface area contributed by atoms with Crippen molar-refractivity contribution in [3.63, 3.8) is 0 Å². The van der Waals surface area contributed by atoms with Crippen LogP contribution < -0.4 is 25.6 Å². The van der Waals surface area contributed by atoms with Crippen LogP contribution in [-0.4, -0.2) is 117 Å². The molecule has 73 heavy (non-hydrogen) atoms. The Balaban J connectivity index is 0.760. The van der Waals surface area contributed by atoms with Crippen LogP contribution in [0.25, 0.3) is 32.9 Å². The summed E-state index contributed by atoms with van der Waals surface area (Å²) < 4.78 is 44.7. The van der Waals surface area contributed by atoms with Crippen LogP contribution >= 0.6 is 0 Å². The first-order chi connectivity index (χ1) is 35.2. The number of ketones is 2. The number of halogens is 2. The summed E-state index contributed by atoms with van der Waals surface area (Å²) in [6.07, 6.45) is 13.0. The number of pyridine rings is 1. The fraction of sp³-hybridized carbons (Fsp3) is 0.455. The normalized spacial score (nSPS) is 25.9. The van der Waals surface area contributed by atoms with Crippen molar-refractivity contribution >= 4 is 57.0 Å². The summed E-state index contributed by atoms with van der Waals surface area (Å²) in [5.74, 6) is -1.00. The number of alkyl carbamates (subject to hydrolysis) is 1. The van der Waals surface area contributed by atoms with E-state index in [1.165, 1.54) is 30.5 Å². The van der Waals surface area contributed by atoms with Gasteiger partial charge in [-0.1, -0.05) is 31.0 Å². The van der Waals surface area contributed by atoms with Crippen LogP contribution in [-0.2, 0) is 20.7 Å². The van der Waals surface area contributed by atoms with Gasteiger partial charge in [0.1, 0.15) is 41.8 Å². The number of hydrogen-bond donors (Lipinski definition) is 4. The van der Waals surface area contributed by atoms with Crippen LogP contribution in [0.3, 0.4) is 0 Å². The third-order valence-corrected chi connectivity index (χ3v) is 16.1. The van der Waals surface area contributed by atoms with Crippen LogP contribution in [0.4, 0.5) is 19.4 Å². The van der Waals surface area contributed by atoms with Crippen molar-refractivity contribution in [1.82, 2.24) is 35.8 Å². The molecule has 3 aromatic carbocycles. The molecule has 16 nitrogen and oxygen atoms in total. The largest absolute Gasteiger partial charge is 0.508 e. The molecule has 1 aliphatic carbocycles. The van der Waals surface area contributed by atoms with Crippen molar-refractivity contribution in [2.24, 2.45) is 17.8 Å². The van der Waals surface area contributed by atoms with Gasteiger partial charge in [-0.2, -0.15) is 9.97 Å². The number of terminal acetylenes is 1. The quantitative estimate of drug-likeness (QED) is 0.0453. The number of ether oxygens (including phenoxy) is 2. The van der Waals surface area contributed by atoms with Crippen LogP contribution in [0.2, 0.25) is 0 Å². The molecule has 5 unspecified atom stereocenters. The van der Waals surface area contributed by atoms with Gasteiger partial charge in [0.2, 0.25) is 11.8 Å². The van der Waals surface area contributed by atoms with Gasteiger partial charge in [-0.25, -0.2) is 13.6 Å². The first kappa shape index (κ1) is 48.2. The van der Waals surface area contributed by atoms with E-state index in [-0.39, 0.29) is 114 Å². The molecule has 0 spiro atoms. The lowest BCUT2D eigenvalue weighted by molar-refractivity contribution is -0.137. The molecular weight excluding hydrogens is 939 g/mol. The first-order valence-electron chi connectivity index (χ1n) is 25.4. The molecule has 4 N–H and O–H groups in total. The summed E-state index contributed by atoms with van der Waals surface area (Å²) in [7, 11) is 0. The summed E-state index contributed by atoms with van der Waals surface area (Å²) in [6, 6.07) is 11.1. The second-order valence-electron chi connectivity index (χ2n) is 20.9. The van der Waals surface area contributed by atoms with E-state index < -0.39 is 41.0 Å². The lowest BCUT2D eigenvalue weighted by atomic mass is 9.79. The molecule has 11 rings (SSSR count). The van der Waals surface area contributed by atoms with Crippen LogP contribution in [0.5, 0.6) is 11.8 Å². The lowest BCUT2D eigenvalue weighted by Gasteiger charge is -2.35. The van der Waals surface area contributed by atoms with Gasteiger partial charge >= 0.3 is 12.1 Å². The Bertz CT molecular complexity index is 3150. The molecule has 5 saturated heterocycles. The van der Waals surface area contributed by atoms with Gasteiger partial charge in [0.25, 0.3) is 0 Å². The third kappa shape index (κ3) is 9.11. The van der Waals surface area contributed by atoms with Gasteiger partial charge in [-0.05, 0) is 98.9 Å². The van der Waals surface area contributed by atoms with Crippen molar-refractivity contribution in [2.45, 2.75) is 101 Å². The van der Waals surface area contributed by atoms with E-state index in [2.05, 4.69) is 43.6 Å². The summed E-state index contributed by atoms with van der Waals surface area (Å²) in [5.41, 5.74) is 0.893. The van der Waals surface area contributed by atoms with Gasteiger partial charge < -0.3 is 30.1 Å². The second-order valence-corrected chi connectivity index (χ2v) is 20.9. The zero-order chi connectivity index (χ0) is 50.7. The molecule has 3 amide bonds. The van der Waals surface area contributed by atoms with Gasteiger partial charge in [0.05, 0.1) is 16.5 Å². The van der Waals surface area contributed by atoms with E-state index >= 15 is 8.78 Å². The monoisotopic (exact) mass is 994 g/mol. The highest BCUT2D eigenvalue weighted by Gasteiger charge is 2.52. The third-order valence-electron chi connectivity index (χ3n) is 16.1. The lowest BCUT2D eigenvalue weighted by Crippen LogP contribution is -2.51. The molecule has 7 heterocycles. The Hall–Kier alpha value is -7.10. The Morgan fingerprint density at radius 1 is 0.959 bits per heavy atom. The van der Waals surface area contributed by atoms with Crippen molar-refractivity contribution in [1.29, 1.82) is 0 Å². The van der Waals surface area contributed by atoms with Crippen molar-refractivity contribution in [3.05, 3.63) is 82.5 Å². The number of benzene rings is 3. The zero-order valence-corrected chi connectivity index (χ0v) is 40.5. The van der Waals surface area contributed by atoms with Gasteiger partial charge in [0.15, 0.2) is 17.4 Å². The number of rotatable bonds is 12. The molecule has 5 aliphatic heterocycles. The van der Waals surface area contributed by atoms with Crippen molar-refractivity contribution in [2.75, 3.05) is 44.3 Å². The summed E-state index contributed by atoms with van der Waals surface area (Å²) >= 11 is 0. The molecule has 18 heteroatoms. The number of amides is 3. The average molecular weight is 995 g/mol. The summed E-state index contributed by atoms with van der Waals surface area (Å²) in [6.45, 7) is 4.90. The van der Waals surface area contributed by atoms with E-state index in [0.29, 0.717) is 66.1 Å². The predicted molar refractivity (Wildman–Crippen MR) is 265 cm³/mol. The number of aryl methyl sites for hydroxylation is 1. The number of Topliss-reactive ketones (excluding diaryl/α,β-unsaturated/α-hetero) is 2. The number of hydrogen-bond acceptors (Lipinski definition) is 14. The van der Waals surface area contributed by atoms with Crippen LogP contribution in [0.1, 0.15) is 103 Å². The van der Waals surface area contributed by atoms with Crippen LogP contribution in [0, 0.1) is 41.7 Å². The smallest absolute Gasteiger partial charge is 0.407 e. The van der Waals surface area contributed by atoms with Gasteiger partial charge in [0, 0.05) is 97.3 Å². The molecule has 0 radical (unpaired) electrons. The van der Waals surface area contributed by atoms with E-state index in [1.807, 2.05) is 6.07 Å². The fourth-order valence-electron chi connectivity index (χ4n) is 12.7. The number of carbonyl (C=O) groups excluding carboxylic acids is 5. The molecule has 5 fully saturated rings. The van der Waals surface area contributed by atoms with Gasteiger partial charge in [-0.15, -0.1) is 6.42 Å². The molecular formula is C55H56F2N8O8. The maximum Gasteiger partial charge on any atom is 0.407 e. The number of anilines is 1.